The second kappa shape index (κ2) is 8.13. The van der Waals surface area contributed by atoms with Crippen molar-refractivity contribution in [1.29, 1.82) is 0 Å². The Labute approximate surface area is 173 Å². The zero-order valence-electron chi connectivity index (χ0n) is 15.7. The van der Waals surface area contributed by atoms with E-state index in [1.165, 1.54) is 5.56 Å². The summed E-state index contributed by atoms with van der Waals surface area (Å²) in [5.41, 5.74) is 1.66. The maximum absolute atomic E-state index is 13.1. The van der Waals surface area contributed by atoms with Crippen LogP contribution in [0.5, 0.6) is 0 Å². The van der Waals surface area contributed by atoms with Crippen LogP contribution in [0.25, 0.3) is 0 Å². The van der Waals surface area contributed by atoms with Crippen molar-refractivity contribution in [2.45, 2.75) is 37.6 Å². The van der Waals surface area contributed by atoms with Crippen LogP contribution in [-0.4, -0.2) is 34.8 Å². The number of pyridine rings is 1. The molecule has 1 N–H and O–H groups in total. The van der Waals surface area contributed by atoms with Crippen LogP contribution >= 0.6 is 15.9 Å². The molecule has 4 rings (SSSR count). The van der Waals surface area contributed by atoms with Crippen molar-refractivity contribution < 1.29 is 9.59 Å². The molecule has 2 amide bonds. The van der Waals surface area contributed by atoms with Gasteiger partial charge in [-0.15, -0.1) is 0 Å². The molecule has 5 nitrogen and oxygen atoms in total. The highest BCUT2D eigenvalue weighted by molar-refractivity contribution is 9.10. The zero-order chi connectivity index (χ0) is 19.6. The standard InChI is InChI=1S/C22H24BrN3O2/c23-19-3-1-16(2-4-19)15-26-13-8-18(9-14-26)22(17-6-11-24-12-7-17)10-5-20(27)25-21(22)28/h1-4,6-7,11-12,18H,5,8-10,13-15H2,(H,25,27,28). The predicted molar refractivity (Wildman–Crippen MR) is 110 cm³/mol. The van der Waals surface area contributed by atoms with E-state index in [2.05, 4.69) is 55.4 Å². The van der Waals surface area contributed by atoms with E-state index >= 15 is 0 Å². The summed E-state index contributed by atoms with van der Waals surface area (Å²) >= 11 is 3.48. The van der Waals surface area contributed by atoms with Crippen molar-refractivity contribution in [2.24, 2.45) is 5.92 Å². The number of carbonyl (C=O) groups excluding carboxylic acids is 2. The lowest BCUT2D eigenvalue weighted by molar-refractivity contribution is -0.140. The summed E-state index contributed by atoms with van der Waals surface area (Å²) in [6.07, 6.45) is 6.35. The molecule has 2 aliphatic rings. The quantitative estimate of drug-likeness (QED) is 0.738. The van der Waals surface area contributed by atoms with Crippen molar-refractivity contribution in [2.75, 3.05) is 13.1 Å². The zero-order valence-corrected chi connectivity index (χ0v) is 17.3. The van der Waals surface area contributed by atoms with E-state index in [0.717, 1.165) is 42.5 Å². The average molecular weight is 442 g/mol. The molecule has 2 aliphatic heterocycles. The third-order valence-corrected chi connectivity index (χ3v) is 6.73. The fourth-order valence-corrected chi connectivity index (χ4v) is 4.97. The highest BCUT2D eigenvalue weighted by Crippen LogP contribution is 2.44. The highest BCUT2D eigenvalue weighted by Gasteiger charge is 2.50. The molecule has 0 bridgehead atoms. The number of amides is 2. The molecular formula is C22H24BrN3O2. The summed E-state index contributed by atoms with van der Waals surface area (Å²) in [7, 11) is 0. The largest absolute Gasteiger partial charge is 0.299 e. The molecule has 3 heterocycles. The van der Waals surface area contributed by atoms with E-state index in [0.29, 0.717) is 12.8 Å². The smallest absolute Gasteiger partial charge is 0.237 e. The summed E-state index contributed by atoms with van der Waals surface area (Å²) in [6.45, 7) is 2.83. The van der Waals surface area contributed by atoms with Crippen molar-refractivity contribution in [3.8, 4) is 0 Å². The Morgan fingerprint density at radius 2 is 1.75 bits per heavy atom. The molecule has 1 unspecified atom stereocenters. The van der Waals surface area contributed by atoms with Gasteiger partial charge in [-0.25, -0.2) is 0 Å². The first-order valence-electron chi connectivity index (χ1n) is 9.79. The van der Waals surface area contributed by atoms with Crippen LogP contribution in [0, 0.1) is 5.92 Å². The molecule has 0 spiro atoms. The molecule has 0 radical (unpaired) electrons. The topological polar surface area (TPSA) is 62.3 Å². The Balaban J connectivity index is 1.51. The van der Waals surface area contributed by atoms with Gasteiger partial charge in [0.2, 0.25) is 11.8 Å². The number of carbonyl (C=O) groups is 2. The summed E-state index contributed by atoms with van der Waals surface area (Å²) in [5, 5.41) is 2.61. The lowest BCUT2D eigenvalue weighted by Crippen LogP contribution is -2.57. The van der Waals surface area contributed by atoms with E-state index in [1.54, 1.807) is 12.4 Å². The third kappa shape index (κ3) is 3.76. The Hall–Kier alpha value is -2.05. The van der Waals surface area contributed by atoms with Gasteiger partial charge in [-0.1, -0.05) is 28.1 Å². The summed E-state index contributed by atoms with van der Waals surface area (Å²) < 4.78 is 1.09. The van der Waals surface area contributed by atoms with Gasteiger partial charge in [0.05, 0.1) is 5.41 Å². The van der Waals surface area contributed by atoms with Gasteiger partial charge < -0.3 is 0 Å². The van der Waals surface area contributed by atoms with E-state index < -0.39 is 5.41 Å². The Kier molecular flexibility index (Phi) is 5.60. The molecule has 28 heavy (non-hydrogen) atoms. The van der Waals surface area contributed by atoms with E-state index in [1.807, 2.05) is 12.1 Å². The van der Waals surface area contributed by atoms with Gasteiger partial charge in [0.1, 0.15) is 0 Å². The molecule has 2 saturated heterocycles. The van der Waals surface area contributed by atoms with Crippen LogP contribution in [-0.2, 0) is 21.5 Å². The van der Waals surface area contributed by atoms with Crippen molar-refractivity contribution in [3.05, 3.63) is 64.4 Å². The number of hydrogen-bond acceptors (Lipinski definition) is 4. The van der Waals surface area contributed by atoms with E-state index in [4.69, 9.17) is 0 Å². The maximum atomic E-state index is 13.1. The lowest BCUT2D eigenvalue weighted by atomic mass is 9.62. The minimum absolute atomic E-state index is 0.138. The summed E-state index contributed by atoms with van der Waals surface area (Å²) in [5.74, 6) is -0.0761. The van der Waals surface area contributed by atoms with Crippen LogP contribution in [0.4, 0.5) is 0 Å². The highest BCUT2D eigenvalue weighted by atomic mass is 79.9. The molecule has 6 heteroatoms. The van der Waals surface area contributed by atoms with Gasteiger partial charge in [-0.05, 0) is 73.7 Å². The number of aromatic nitrogens is 1. The van der Waals surface area contributed by atoms with Crippen molar-refractivity contribution in [3.63, 3.8) is 0 Å². The number of benzene rings is 1. The Bertz CT molecular complexity index is 848. The van der Waals surface area contributed by atoms with Gasteiger partial charge in [0, 0.05) is 29.8 Å². The van der Waals surface area contributed by atoms with Crippen molar-refractivity contribution in [1.82, 2.24) is 15.2 Å². The number of piperidine rings is 2. The minimum atomic E-state index is -0.624. The second-order valence-electron chi connectivity index (χ2n) is 7.76. The molecule has 1 atom stereocenters. The van der Waals surface area contributed by atoms with Crippen LogP contribution in [0.2, 0.25) is 0 Å². The normalized spacial score (nSPS) is 24.2. The maximum Gasteiger partial charge on any atom is 0.237 e. The molecule has 0 saturated carbocycles. The number of nitrogens with one attached hydrogen (secondary N) is 1. The first-order chi connectivity index (χ1) is 13.6. The number of rotatable bonds is 4. The molecule has 2 fully saturated rings. The first kappa shape index (κ1) is 19.3. The van der Waals surface area contributed by atoms with Gasteiger partial charge in [-0.2, -0.15) is 0 Å². The molecule has 2 aromatic rings. The number of likely N-dealkylation sites (tertiary alicyclic amines) is 1. The number of nitrogens with zero attached hydrogens (tertiary/aromatic N) is 2. The number of hydrogen-bond donors (Lipinski definition) is 1. The monoisotopic (exact) mass is 441 g/mol. The van der Waals surface area contributed by atoms with Gasteiger partial charge in [0.15, 0.2) is 0 Å². The van der Waals surface area contributed by atoms with Gasteiger partial charge in [0.25, 0.3) is 0 Å². The predicted octanol–water partition coefficient (Wildman–Crippen LogP) is 3.43. The van der Waals surface area contributed by atoms with Gasteiger partial charge >= 0.3 is 0 Å². The third-order valence-electron chi connectivity index (χ3n) is 6.20. The van der Waals surface area contributed by atoms with E-state index in [-0.39, 0.29) is 17.7 Å². The molecular weight excluding hydrogens is 418 g/mol. The fourth-order valence-electron chi connectivity index (χ4n) is 4.71. The average Bonchev–Trinajstić information content (AvgIpc) is 2.72. The van der Waals surface area contributed by atoms with E-state index in [9.17, 15) is 9.59 Å². The summed E-state index contributed by atoms with van der Waals surface area (Å²) in [6, 6.07) is 12.3. The Morgan fingerprint density at radius 1 is 1.07 bits per heavy atom. The molecule has 1 aromatic carbocycles. The van der Waals surface area contributed by atoms with Crippen molar-refractivity contribution >= 4 is 27.7 Å². The second-order valence-corrected chi connectivity index (χ2v) is 8.68. The Morgan fingerprint density at radius 3 is 2.39 bits per heavy atom. The van der Waals surface area contributed by atoms with Crippen LogP contribution in [0.3, 0.4) is 0 Å². The minimum Gasteiger partial charge on any atom is -0.299 e. The number of halogens is 1. The SMILES string of the molecule is O=C1CCC(c2ccncc2)(C2CCN(Cc3ccc(Br)cc3)CC2)C(=O)N1. The molecule has 0 aliphatic carbocycles. The van der Waals surface area contributed by atoms with Crippen LogP contribution < -0.4 is 5.32 Å². The fraction of sp³-hybridized carbons (Fsp3) is 0.409. The molecule has 146 valence electrons. The first-order valence-corrected chi connectivity index (χ1v) is 10.6. The molecule has 1 aromatic heterocycles. The van der Waals surface area contributed by atoms with Crippen LogP contribution in [0.15, 0.2) is 53.3 Å². The lowest BCUT2D eigenvalue weighted by Gasteiger charge is -2.45. The van der Waals surface area contributed by atoms with Crippen LogP contribution in [0.1, 0.15) is 36.8 Å². The summed E-state index contributed by atoms with van der Waals surface area (Å²) in [4.78, 5) is 31.4. The number of imide groups is 1. The van der Waals surface area contributed by atoms with Gasteiger partial charge in [-0.3, -0.25) is 24.8 Å².